The fourth-order valence-corrected chi connectivity index (χ4v) is 3.59. The minimum absolute atomic E-state index is 0.142. The first-order valence-corrected chi connectivity index (χ1v) is 8.77. The van der Waals surface area contributed by atoms with E-state index in [4.69, 9.17) is 4.42 Å². The van der Waals surface area contributed by atoms with Gasteiger partial charge in [-0.1, -0.05) is 42.5 Å². The SMILES string of the molecule is CN(Cc1ccccc1)C(=O)c1ccc(-c2nc3ccccc3s2)o1. The van der Waals surface area contributed by atoms with Crippen molar-refractivity contribution < 1.29 is 9.21 Å². The Labute approximate surface area is 149 Å². The van der Waals surface area contributed by atoms with Crippen LogP contribution in [0.5, 0.6) is 0 Å². The lowest BCUT2D eigenvalue weighted by Gasteiger charge is -2.15. The van der Waals surface area contributed by atoms with Crippen LogP contribution in [0, 0.1) is 0 Å². The van der Waals surface area contributed by atoms with Gasteiger partial charge in [0.05, 0.1) is 10.2 Å². The Morgan fingerprint density at radius 3 is 2.60 bits per heavy atom. The highest BCUT2D eigenvalue weighted by Gasteiger charge is 2.18. The van der Waals surface area contributed by atoms with Crippen molar-refractivity contribution in [2.45, 2.75) is 6.54 Å². The molecule has 0 spiro atoms. The molecule has 2 aromatic heterocycles. The molecule has 2 heterocycles. The largest absolute Gasteiger partial charge is 0.448 e. The molecule has 0 saturated heterocycles. The van der Waals surface area contributed by atoms with E-state index in [1.165, 1.54) is 0 Å². The molecule has 0 radical (unpaired) electrons. The van der Waals surface area contributed by atoms with E-state index < -0.39 is 0 Å². The predicted octanol–water partition coefficient (Wildman–Crippen LogP) is 4.83. The van der Waals surface area contributed by atoms with E-state index in [-0.39, 0.29) is 5.91 Å². The first kappa shape index (κ1) is 15.6. The molecule has 5 heteroatoms. The van der Waals surface area contributed by atoms with Crippen molar-refractivity contribution in [3.63, 3.8) is 0 Å². The Bertz CT molecular complexity index is 987. The normalized spacial score (nSPS) is 10.9. The zero-order valence-corrected chi connectivity index (χ0v) is 14.5. The lowest BCUT2D eigenvalue weighted by Crippen LogP contribution is -2.25. The summed E-state index contributed by atoms with van der Waals surface area (Å²) < 4.78 is 6.88. The maximum atomic E-state index is 12.6. The van der Waals surface area contributed by atoms with Gasteiger partial charge in [-0.2, -0.15) is 0 Å². The number of thiazole rings is 1. The van der Waals surface area contributed by atoms with Crippen LogP contribution in [0.2, 0.25) is 0 Å². The molecule has 4 rings (SSSR count). The first-order chi connectivity index (χ1) is 12.2. The van der Waals surface area contributed by atoms with Crippen molar-refractivity contribution in [3.8, 4) is 10.8 Å². The van der Waals surface area contributed by atoms with Crippen LogP contribution in [-0.4, -0.2) is 22.8 Å². The number of carbonyl (C=O) groups excluding carboxylic acids is 1. The summed E-state index contributed by atoms with van der Waals surface area (Å²) in [7, 11) is 1.77. The molecule has 4 aromatic rings. The third-order valence-corrected chi connectivity index (χ3v) is 4.98. The van der Waals surface area contributed by atoms with E-state index in [1.807, 2.05) is 54.6 Å². The monoisotopic (exact) mass is 348 g/mol. The molecule has 0 unspecified atom stereocenters. The highest BCUT2D eigenvalue weighted by atomic mass is 32.1. The van der Waals surface area contributed by atoms with Crippen molar-refractivity contribution in [3.05, 3.63) is 78.1 Å². The van der Waals surface area contributed by atoms with Crippen LogP contribution in [0.3, 0.4) is 0 Å². The number of aromatic nitrogens is 1. The Hall–Kier alpha value is -2.92. The topological polar surface area (TPSA) is 46.3 Å². The van der Waals surface area contributed by atoms with E-state index in [0.717, 1.165) is 20.8 Å². The quantitative estimate of drug-likeness (QED) is 0.531. The molecule has 0 aliphatic heterocycles. The molecule has 1 amide bonds. The highest BCUT2D eigenvalue weighted by Crippen LogP contribution is 2.31. The van der Waals surface area contributed by atoms with Crippen LogP contribution >= 0.6 is 11.3 Å². The Kier molecular flexibility index (Phi) is 4.07. The zero-order chi connectivity index (χ0) is 17.2. The van der Waals surface area contributed by atoms with Crippen LogP contribution in [-0.2, 0) is 6.54 Å². The molecule has 0 aliphatic rings. The van der Waals surface area contributed by atoms with Crippen molar-refractivity contribution in [1.29, 1.82) is 0 Å². The number of furan rings is 1. The molecule has 124 valence electrons. The van der Waals surface area contributed by atoms with Gasteiger partial charge in [0.1, 0.15) is 0 Å². The summed E-state index contributed by atoms with van der Waals surface area (Å²) in [5, 5.41) is 0.783. The van der Waals surface area contributed by atoms with Crippen molar-refractivity contribution >= 4 is 27.5 Å². The number of rotatable bonds is 4. The number of nitrogens with zero attached hydrogens (tertiary/aromatic N) is 2. The summed E-state index contributed by atoms with van der Waals surface area (Å²) in [5.74, 6) is 0.807. The van der Waals surface area contributed by atoms with Crippen molar-refractivity contribution in [2.75, 3.05) is 7.05 Å². The van der Waals surface area contributed by atoms with E-state index in [9.17, 15) is 4.79 Å². The summed E-state index contributed by atoms with van der Waals surface area (Å²) in [6.45, 7) is 0.539. The molecule has 0 saturated carbocycles. The molecule has 0 atom stereocenters. The molecule has 0 N–H and O–H groups in total. The second kappa shape index (κ2) is 6.53. The fourth-order valence-electron chi connectivity index (χ4n) is 2.66. The Morgan fingerprint density at radius 1 is 1.04 bits per heavy atom. The van der Waals surface area contributed by atoms with Crippen molar-refractivity contribution in [2.24, 2.45) is 0 Å². The number of fused-ring (bicyclic) bond motifs is 1. The molecule has 0 fully saturated rings. The number of carbonyl (C=O) groups is 1. The zero-order valence-electron chi connectivity index (χ0n) is 13.7. The average Bonchev–Trinajstić information content (AvgIpc) is 3.28. The average molecular weight is 348 g/mol. The molecule has 25 heavy (non-hydrogen) atoms. The maximum Gasteiger partial charge on any atom is 0.289 e. The summed E-state index contributed by atoms with van der Waals surface area (Å²) >= 11 is 1.56. The predicted molar refractivity (Wildman–Crippen MR) is 99.6 cm³/mol. The lowest BCUT2D eigenvalue weighted by atomic mass is 10.2. The van der Waals surface area contributed by atoms with Gasteiger partial charge < -0.3 is 9.32 Å². The molecule has 2 aromatic carbocycles. The molecule has 0 bridgehead atoms. The van der Waals surface area contributed by atoms with Crippen LogP contribution in [0.1, 0.15) is 16.1 Å². The minimum atomic E-state index is -0.142. The summed E-state index contributed by atoms with van der Waals surface area (Å²) in [6, 6.07) is 21.3. The van der Waals surface area contributed by atoms with Gasteiger partial charge in [0.15, 0.2) is 16.5 Å². The van der Waals surface area contributed by atoms with Crippen LogP contribution < -0.4 is 0 Å². The van der Waals surface area contributed by atoms with Crippen LogP contribution in [0.15, 0.2) is 71.1 Å². The Balaban J connectivity index is 1.54. The molecule has 4 nitrogen and oxygen atoms in total. The standard InChI is InChI=1S/C20H16N2O2S/c1-22(13-14-7-3-2-4-8-14)20(23)17-12-11-16(24-17)19-21-15-9-5-6-10-18(15)25-19/h2-12H,13H2,1H3. The van der Waals surface area contributed by atoms with Gasteiger partial charge in [-0.05, 0) is 29.8 Å². The second-order valence-corrected chi connectivity index (χ2v) is 6.83. The number of hydrogen-bond donors (Lipinski definition) is 0. The van der Waals surface area contributed by atoms with Gasteiger partial charge in [-0.3, -0.25) is 4.79 Å². The van der Waals surface area contributed by atoms with E-state index >= 15 is 0 Å². The van der Waals surface area contributed by atoms with Crippen LogP contribution in [0.25, 0.3) is 21.0 Å². The van der Waals surface area contributed by atoms with Gasteiger partial charge in [0.25, 0.3) is 5.91 Å². The third-order valence-electron chi connectivity index (χ3n) is 3.93. The van der Waals surface area contributed by atoms with Gasteiger partial charge in [0, 0.05) is 13.6 Å². The van der Waals surface area contributed by atoms with Crippen molar-refractivity contribution in [1.82, 2.24) is 9.88 Å². The summed E-state index contributed by atoms with van der Waals surface area (Å²) in [4.78, 5) is 18.8. The van der Waals surface area contributed by atoms with Gasteiger partial charge in [-0.25, -0.2) is 4.98 Å². The number of amides is 1. The number of benzene rings is 2. The molecular weight excluding hydrogens is 332 g/mol. The smallest absolute Gasteiger partial charge is 0.289 e. The van der Waals surface area contributed by atoms with Gasteiger partial charge in [-0.15, -0.1) is 11.3 Å². The first-order valence-electron chi connectivity index (χ1n) is 7.96. The van der Waals surface area contributed by atoms with E-state index in [1.54, 1.807) is 35.4 Å². The summed E-state index contributed by atoms with van der Waals surface area (Å²) in [5.41, 5.74) is 2.02. The van der Waals surface area contributed by atoms with E-state index in [2.05, 4.69) is 4.98 Å². The minimum Gasteiger partial charge on any atom is -0.448 e. The lowest BCUT2D eigenvalue weighted by molar-refractivity contribution is 0.0754. The maximum absolute atomic E-state index is 12.6. The second-order valence-electron chi connectivity index (χ2n) is 5.80. The van der Waals surface area contributed by atoms with Crippen LogP contribution in [0.4, 0.5) is 0 Å². The fraction of sp³-hybridized carbons (Fsp3) is 0.100. The summed E-state index contributed by atoms with van der Waals surface area (Å²) in [6.07, 6.45) is 0. The van der Waals surface area contributed by atoms with Gasteiger partial charge in [0.2, 0.25) is 0 Å². The van der Waals surface area contributed by atoms with Gasteiger partial charge >= 0.3 is 0 Å². The number of hydrogen-bond acceptors (Lipinski definition) is 4. The number of para-hydroxylation sites is 1. The van der Waals surface area contributed by atoms with E-state index in [0.29, 0.717) is 18.1 Å². The Morgan fingerprint density at radius 2 is 1.80 bits per heavy atom. The third kappa shape index (κ3) is 3.19. The molecular formula is C20H16N2O2S. The highest BCUT2D eigenvalue weighted by molar-refractivity contribution is 7.21. The molecule has 0 aliphatic carbocycles.